The van der Waals surface area contributed by atoms with Gasteiger partial charge in [0.15, 0.2) is 11.0 Å². The lowest BCUT2D eigenvalue weighted by molar-refractivity contribution is 0.681. The second kappa shape index (κ2) is 5.66. The van der Waals surface area contributed by atoms with Crippen LogP contribution in [0.5, 0.6) is 0 Å². The molecule has 0 aliphatic rings. The van der Waals surface area contributed by atoms with E-state index in [4.69, 9.17) is 11.6 Å². The lowest BCUT2D eigenvalue weighted by atomic mass is 10.1. The first-order valence-electron chi connectivity index (χ1n) is 4.86. The molecule has 15 heavy (non-hydrogen) atoms. The fourth-order valence-corrected chi connectivity index (χ4v) is 1.27. The molecule has 1 aromatic heterocycles. The Bertz CT molecular complexity index is 332. The summed E-state index contributed by atoms with van der Waals surface area (Å²) in [6.45, 7) is 6.29. The van der Waals surface area contributed by atoms with Gasteiger partial charge in [-0.2, -0.15) is 5.10 Å². The summed E-state index contributed by atoms with van der Waals surface area (Å²) in [5, 5.41) is 12.1. The van der Waals surface area contributed by atoms with Crippen LogP contribution in [-0.2, 0) is 0 Å². The summed E-state index contributed by atoms with van der Waals surface area (Å²) in [5.74, 6) is 1.20. The van der Waals surface area contributed by atoms with Crippen molar-refractivity contribution < 1.29 is 0 Å². The van der Waals surface area contributed by atoms with Gasteiger partial charge in [-0.05, 0) is 31.4 Å². The minimum absolute atomic E-state index is 0.378. The Hall–Kier alpha value is -1.16. The highest BCUT2D eigenvalue weighted by Gasteiger charge is 1.98. The van der Waals surface area contributed by atoms with Gasteiger partial charge in [-0.1, -0.05) is 25.4 Å². The fraction of sp³-hybridized carbons (Fsp3) is 0.500. The molecular formula is C10H15ClN4. The highest BCUT2D eigenvalue weighted by molar-refractivity contribution is 6.29. The van der Waals surface area contributed by atoms with Gasteiger partial charge in [0.1, 0.15) is 0 Å². The van der Waals surface area contributed by atoms with Crippen LogP contribution in [0.1, 0.15) is 27.2 Å². The molecule has 0 bridgehead atoms. The van der Waals surface area contributed by atoms with E-state index in [2.05, 4.69) is 34.6 Å². The average molecular weight is 227 g/mol. The summed E-state index contributed by atoms with van der Waals surface area (Å²) in [6.07, 6.45) is 0.966. The Morgan fingerprint density at radius 2 is 2.20 bits per heavy atom. The number of halogens is 1. The van der Waals surface area contributed by atoms with Crippen LogP contribution < -0.4 is 5.43 Å². The predicted molar refractivity (Wildman–Crippen MR) is 63.2 cm³/mol. The lowest BCUT2D eigenvalue weighted by Crippen LogP contribution is -2.02. The third-order valence-corrected chi connectivity index (χ3v) is 1.90. The molecule has 0 fully saturated rings. The zero-order chi connectivity index (χ0) is 11.3. The zero-order valence-corrected chi connectivity index (χ0v) is 9.91. The minimum Gasteiger partial charge on any atom is -0.260 e. The van der Waals surface area contributed by atoms with Gasteiger partial charge in [0.2, 0.25) is 0 Å². The van der Waals surface area contributed by atoms with Gasteiger partial charge < -0.3 is 0 Å². The second-order valence-electron chi connectivity index (χ2n) is 3.80. The predicted octanol–water partition coefficient (Wildman–Crippen LogP) is 2.96. The van der Waals surface area contributed by atoms with Crippen LogP contribution in [0.3, 0.4) is 0 Å². The number of nitrogens with one attached hydrogen (secondary N) is 1. The van der Waals surface area contributed by atoms with E-state index in [0.29, 0.717) is 16.9 Å². The molecular weight excluding hydrogens is 212 g/mol. The van der Waals surface area contributed by atoms with Crippen molar-refractivity contribution in [2.24, 2.45) is 11.0 Å². The smallest absolute Gasteiger partial charge is 0.168 e. The van der Waals surface area contributed by atoms with Crippen molar-refractivity contribution in [2.75, 3.05) is 5.43 Å². The van der Waals surface area contributed by atoms with E-state index in [0.717, 1.165) is 12.1 Å². The van der Waals surface area contributed by atoms with E-state index in [-0.39, 0.29) is 0 Å². The van der Waals surface area contributed by atoms with Crippen LogP contribution in [0.4, 0.5) is 5.82 Å². The first kappa shape index (κ1) is 11.9. The molecule has 0 aliphatic heterocycles. The van der Waals surface area contributed by atoms with E-state index in [1.54, 1.807) is 12.1 Å². The topological polar surface area (TPSA) is 50.2 Å². The van der Waals surface area contributed by atoms with Crippen molar-refractivity contribution in [3.05, 3.63) is 17.3 Å². The summed E-state index contributed by atoms with van der Waals surface area (Å²) < 4.78 is 0. The molecule has 0 amide bonds. The molecule has 0 radical (unpaired) electrons. The first-order valence-corrected chi connectivity index (χ1v) is 5.24. The van der Waals surface area contributed by atoms with Crippen molar-refractivity contribution in [3.63, 3.8) is 0 Å². The summed E-state index contributed by atoms with van der Waals surface area (Å²) in [5.41, 5.74) is 3.88. The highest BCUT2D eigenvalue weighted by Crippen LogP contribution is 2.07. The summed E-state index contributed by atoms with van der Waals surface area (Å²) in [7, 11) is 0. The molecule has 0 aromatic carbocycles. The molecule has 4 nitrogen and oxygen atoms in total. The van der Waals surface area contributed by atoms with Crippen LogP contribution in [0.25, 0.3) is 0 Å². The molecule has 1 aromatic rings. The van der Waals surface area contributed by atoms with Crippen molar-refractivity contribution in [3.8, 4) is 0 Å². The van der Waals surface area contributed by atoms with Crippen LogP contribution in [0.2, 0.25) is 5.15 Å². The SMILES string of the molecule is CC(CC(C)C)=NNc1ccc(Cl)nn1. The highest BCUT2D eigenvalue weighted by atomic mass is 35.5. The number of anilines is 1. The van der Waals surface area contributed by atoms with Crippen LogP contribution in [0.15, 0.2) is 17.2 Å². The van der Waals surface area contributed by atoms with Crippen molar-refractivity contribution in [1.29, 1.82) is 0 Å². The van der Waals surface area contributed by atoms with Gasteiger partial charge >= 0.3 is 0 Å². The molecule has 82 valence electrons. The Morgan fingerprint density at radius 1 is 1.47 bits per heavy atom. The number of aromatic nitrogens is 2. The van der Waals surface area contributed by atoms with E-state index in [9.17, 15) is 0 Å². The molecule has 0 saturated carbocycles. The largest absolute Gasteiger partial charge is 0.260 e. The van der Waals surface area contributed by atoms with Gasteiger partial charge in [0, 0.05) is 5.71 Å². The van der Waals surface area contributed by atoms with Crippen LogP contribution >= 0.6 is 11.6 Å². The van der Waals surface area contributed by atoms with Gasteiger partial charge in [-0.25, -0.2) is 0 Å². The standard InChI is InChI=1S/C10H15ClN4/c1-7(2)6-8(3)12-14-10-5-4-9(11)13-15-10/h4-5,7H,6H2,1-3H3,(H,14,15). The van der Waals surface area contributed by atoms with Gasteiger partial charge in [0.25, 0.3) is 0 Å². The summed E-state index contributed by atoms with van der Waals surface area (Å²) in [6, 6.07) is 3.41. The van der Waals surface area contributed by atoms with Gasteiger partial charge in [-0.15, -0.1) is 10.2 Å². The Labute approximate surface area is 94.7 Å². The molecule has 0 unspecified atom stereocenters. The van der Waals surface area contributed by atoms with E-state index in [1.807, 2.05) is 6.92 Å². The average Bonchev–Trinajstić information content (AvgIpc) is 2.16. The van der Waals surface area contributed by atoms with Gasteiger partial charge in [0.05, 0.1) is 0 Å². The summed E-state index contributed by atoms with van der Waals surface area (Å²) >= 11 is 5.61. The maximum absolute atomic E-state index is 5.61. The quantitative estimate of drug-likeness (QED) is 0.634. The lowest BCUT2D eigenvalue weighted by Gasteiger charge is -2.04. The van der Waals surface area contributed by atoms with Crippen LogP contribution in [0, 0.1) is 5.92 Å². The maximum atomic E-state index is 5.61. The molecule has 1 rings (SSSR count). The van der Waals surface area contributed by atoms with E-state index < -0.39 is 0 Å². The van der Waals surface area contributed by atoms with Crippen molar-refractivity contribution >= 4 is 23.1 Å². The molecule has 0 atom stereocenters. The molecule has 5 heteroatoms. The normalized spacial score (nSPS) is 11.9. The Morgan fingerprint density at radius 3 is 2.73 bits per heavy atom. The molecule has 0 saturated heterocycles. The minimum atomic E-state index is 0.378. The maximum Gasteiger partial charge on any atom is 0.168 e. The monoisotopic (exact) mass is 226 g/mol. The zero-order valence-electron chi connectivity index (χ0n) is 9.16. The molecule has 1 N–H and O–H groups in total. The Kier molecular flexibility index (Phi) is 4.49. The van der Waals surface area contributed by atoms with Crippen molar-refractivity contribution in [2.45, 2.75) is 27.2 Å². The third-order valence-electron chi connectivity index (χ3n) is 1.70. The third kappa shape index (κ3) is 4.74. The van der Waals surface area contributed by atoms with E-state index in [1.165, 1.54) is 0 Å². The summed E-state index contributed by atoms with van der Waals surface area (Å²) in [4.78, 5) is 0. The number of nitrogens with zero attached hydrogens (tertiary/aromatic N) is 3. The molecule has 1 heterocycles. The van der Waals surface area contributed by atoms with Crippen molar-refractivity contribution in [1.82, 2.24) is 10.2 Å². The molecule has 0 spiro atoms. The second-order valence-corrected chi connectivity index (χ2v) is 4.19. The molecule has 0 aliphatic carbocycles. The number of hydrogen-bond donors (Lipinski definition) is 1. The number of rotatable bonds is 4. The number of hydrazone groups is 1. The van der Waals surface area contributed by atoms with E-state index >= 15 is 0 Å². The Balaban J connectivity index is 2.52. The first-order chi connectivity index (χ1) is 7.08. The van der Waals surface area contributed by atoms with Gasteiger partial charge in [-0.3, -0.25) is 5.43 Å². The fourth-order valence-electron chi connectivity index (χ4n) is 1.16. The van der Waals surface area contributed by atoms with Crippen LogP contribution in [-0.4, -0.2) is 15.9 Å². The number of hydrogen-bond acceptors (Lipinski definition) is 4.